The first-order valence-corrected chi connectivity index (χ1v) is 6.54. The smallest absolute Gasteiger partial charge is 0.129 e. The Balaban J connectivity index is 2.20. The summed E-state index contributed by atoms with van der Waals surface area (Å²) >= 11 is 0. The fourth-order valence-electron chi connectivity index (χ4n) is 1.94. The SMILES string of the molecule is CCc1cc(CN)cc(N(C)Cc2ccccn2)n1. The van der Waals surface area contributed by atoms with E-state index in [2.05, 4.69) is 27.9 Å². The molecule has 0 atom stereocenters. The van der Waals surface area contributed by atoms with Crippen molar-refractivity contribution in [2.24, 2.45) is 5.73 Å². The molecule has 0 aliphatic carbocycles. The molecule has 19 heavy (non-hydrogen) atoms. The van der Waals surface area contributed by atoms with Gasteiger partial charge in [-0.3, -0.25) is 4.98 Å². The molecule has 0 aliphatic rings. The summed E-state index contributed by atoms with van der Waals surface area (Å²) < 4.78 is 0. The summed E-state index contributed by atoms with van der Waals surface area (Å²) in [4.78, 5) is 11.1. The van der Waals surface area contributed by atoms with Crippen LogP contribution in [-0.4, -0.2) is 17.0 Å². The topological polar surface area (TPSA) is 55.0 Å². The molecule has 2 N–H and O–H groups in total. The van der Waals surface area contributed by atoms with Crippen molar-refractivity contribution in [1.82, 2.24) is 9.97 Å². The van der Waals surface area contributed by atoms with Crippen LogP contribution in [-0.2, 0) is 19.5 Å². The molecule has 0 bridgehead atoms. The zero-order valence-corrected chi connectivity index (χ0v) is 11.5. The average Bonchev–Trinajstić information content (AvgIpc) is 2.47. The zero-order chi connectivity index (χ0) is 13.7. The predicted molar refractivity (Wildman–Crippen MR) is 77.9 cm³/mol. The summed E-state index contributed by atoms with van der Waals surface area (Å²) in [5.74, 6) is 0.949. The molecule has 0 aromatic carbocycles. The van der Waals surface area contributed by atoms with E-state index < -0.39 is 0 Å². The summed E-state index contributed by atoms with van der Waals surface area (Å²) in [5.41, 5.74) is 8.96. The maximum absolute atomic E-state index is 5.74. The standard InChI is InChI=1S/C15H20N4/c1-3-13-8-12(10-16)9-15(18-13)19(2)11-14-6-4-5-7-17-14/h4-9H,3,10-11,16H2,1-2H3. The molecule has 2 heterocycles. The molecule has 0 aliphatic heterocycles. The molecule has 0 amide bonds. The Hall–Kier alpha value is -1.94. The van der Waals surface area contributed by atoms with E-state index in [-0.39, 0.29) is 0 Å². The second-order valence-corrected chi connectivity index (χ2v) is 4.56. The lowest BCUT2D eigenvalue weighted by Gasteiger charge is -2.19. The van der Waals surface area contributed by atoms with Gasteiger partial charge in [-0.15, -0.1) is 0 Å². The van der Waals surface area contributed by atoms with Crippen molar-refractivity contribution in [3.05, 3.63) is 53.5 Å². The van der Waals surface area contributed by atoms with E-state index >= 15 is 0 Å². The molecule has 0 radical (unpaired) electrons. The Bertz CT molecular complexity index is 503. The Labute approximate surface area is 114 Å². The predicted octanol–water partition coefficient (Wildman–Crippen LogP) is 2.13. The normalized spacial score (nSPS) is 10.5. The van der Waals surface area contributed by atoms with Crippen molar-refractivity contribution in [3.63, 3.8) is 0 Å². The summed E-state index contributed by atoms with van der Waals surface area (Å²) in [6, 6.07) is 10.0. The van der Waals surface area contributed by atoms with E-state index in [0.29, 0.717) is 6.54 Å². The number of aromatic nitrogens is 2. The zero-order valence-electron chi connectivity index (χ0n) is 11.5. The van der Waals surface area contributed by atoms with Gasteiger partial charge >= 0.3 is 0 Å². The van der Waals surface area contributed by atoms with E-state index in [0.717, 1.165) is 35.7 Å². The lowest BCUT2D eigenvalue weighted by Crippen LogP contribution is -2.19. The van der Waals surface area contributed by atoms with Crippen molar-refractivity contribution in [2.75, 3.05) is 11.9 Å². The van der Waals surface area contributed by atoms with E-state index in [1.807, 2.05) is 37.5 Å². The quantitative estimate of drug-likeness (QED) is 0.890. The van der Waals surface area contributed by atoms with Crippen LogP contribution in [0.15, 0.2) is 36.5 Å². The average molecular weight is 256 g/mol. The molecule has 0 unspecified atom stereocenters. The minimum atomic E-state index is 0.542. The number of aryl methyl sites for hydroxylation is 1. The van der Waals surface area contributed by atoms with Crippen molar-refractivity contribution < 1.29 is 0 Å². The van der Waals surface area contributed by atoms with Crippen molar-refractivity contribution in [2.45, 2.75) is 26.4 Å². The van der Waals surface area contributed by atoms with Crippen LogP contribution in [0.1, 0.15) is 23.9 Å². The molecule has 2 aromatic rings. The van der Waals surface area contributed by atoms with Gasteiger partial charge in [0.05, 0.1) is 12.2 Å². The molecule has 4 nitrogen and oxygen atoms in total. The van der Waals surface area contributed by atoms with Gasteiger partial charge in [0, 0.05) is 25.5 Å². The lowest BCUT2D eigenvalue weighted by molar-refractivity contribution is 0.850. The monoisotopic (exact) mass is 256 g/mol. The fourth-order valence-corrected chi connectivity index (χ4v) is 1.94. The fraction of sp³-hybridized carbons (Fsp3) is 0.333. The second kappa shape index (κ2) is 6.29. The number of rotatable bonds is 5. The molecule has 0 saturated heterocycles. The molecular weight excluding hydrogens is 236 g/mol. The van der Waals surface area contributed by atoms with E-state index in [9.17, 15) is 0 Å². The van der Waals surface area contributed by atoms with Gasteiger partial charge in [-0.1, -0.05) is 13.0 Å². The number of hydrogen-bond acceptors (Lipinski definition) is 4. The van der Waals surface area contributed by atoms with Crippen molar-refractivity contribution in [3.8, 4) is 0 Å². The third kappa shape index (κ3) is 3.51. The maximum Gasteiger partial charge on any atom is 0.129 e. The molecule has 0 spiro atoms. The molecule has 2 rings (SSSR count). The number of hydrogen-bond donors (Lipinski definition) is 1. The first kappa shape index (κ1) is 13.5. The summed E-state index contributed by atoms with van der Waals surface area (Å²) in [6.07, 6.45) is 2.72. The van der Waals surface area contributed by atoms with Crippen LogP contribution in [0.25, 0.3) is 0 Å². The van der Waals surface area contributed by atoms with Gasteiger partial charge in [-0.05, 0) is 36.2 Å². The van der Waals surface area contributed by atoms with Gasteiger partial charge in [-0.25, -0.2) is 4.98 Å². The van der Waals surface area contributed by atoms with Crippen LogP contribution in [0.4, 0.5) is 5.82 Å². The van der Waals surface area contributed by atoms with E-state index in [4.69, 9.17) is 5.73 Å². The highest BCUT2D eigenvalue weighted by molar-refractivity contribution is 5.42. The number of nitrogens with two attached hydrogens (primary N) is 1. The molecule has 4 heteroatoms. The third-order valence-corrected chi connectivity index (χ3v) is 3.04. The number of nitrogens with zero attached hydrogens (tertiary/aromatic N) is 3. The largest absolute Gasteiger partial charge is 0.354 e. The minimum Gasteiger partial charge on any atom is -0.354 e. The van der Waals surface area contributed by atoms with Gasteiger partial charge < -0.3 is 10.6 Å². The van der Waals surface area contributed by atoms with Crippen LogP contribution < -0.4 is 10.6 Å². The minimum absolute atomic E-state index is 0.542. The number of anilines is 1. The van der Waals surface area contributed by atoms with Gasteiger partial charge in [0.1, 0.15) is 5.82 Å². The first-order chi connectivity index (χ1) is 9.22. The van der Waals surface area contributed by atoms with Crippen molar-refractivity contribution in [1.29, 1.82) is 0 Å². The molecule has 100 valence electrons. The summed E-state index contributed by atoms with van der Waals surface area (Å²) in [7, 11) is 2.02. The maximum atomic E-state index is 5.74. The van der Waals surface area contributed by atoms with E-state index in [1.165, 1.54) is 0 Å². The Morgan fingerprint density at radius 2 is 2.05 bits per heavy atom. The number of pyridine rings is 2. The lowest BCUT2D eigenvalue weighted by atomic mass is 10.2. The van der Waals surface area contributed by atoms with Crippen LogP contribution >= 0.6 is 0 Å². The third-order valence-electron chi connectivity index (χ3n) is 3.04. The highest BCUT2D eigenvalue weighted by Crippen LogP contribution is 2.16. The second-order valence-electron chi connectivity index (χ2n) is 4.56. The first-order valence-electron chi connectivity index (χ1n) is 6.54. The van der Waals surface area contributed by atoms with Crippen LogP contribution in [0.2, 0.25) is 0 Å². The van der Waals surface area contributed by atoms with Crippen LogP contribution in [0.3, 0.4) is 0 Å². The van der Waals surface area contributed by atoms with Gasteiger partial charge in [0.15, 0.2) is 0 Å². The highest BCUT2D eigenvalue weighted by atomic mass is 15.2. The highest BCUT2D eigenvalue weighted by Gasteiger charge is 2.07. The van der Waals surface area contributed by atoms with Crippen LogP contribution in [0.5, 0.6) is 0 Å². The summed E-state index contributed by atoms with van der Waals surface area (Å²) in [5, 5.41) is 0. The molecule has 0 fully saturated rings. The summed E-state index contributed by atoms with van der Waals surface area (Å²) in [6.45, 7) is 3.39. The van der Waals surface area contributed by atoms with Gasteiger partial charge in [-0.2, -0.15) is 0 Å². The molecule has 0 saturated carbocycles. The van der Waals surface area contributed by atoms with Crippen LogP contribution in [0, 0.1) is 0 Å². The Morgan fingerprint density at radius 1 is 1.21 bits per heavy atom. The Kier molecular flexibility index (Phi) is 4.47. The Morgan fingerprint density at radius 3 is 2.68 bits per heavy atom. The molecular formula is C15H20N4. The van der Waals surface area contributed by atoms with Gasteiger partial charge in [0.25, 0.3) is 0 Å². The van der Waals surface area contributed by atoms with E-state index in [1.54, 1.807) is 0 Å². The molecule has 2 aromatic heterocycles. The van der Waals surface area contributed by atoms with Crippen molar-refractivity contribution >= 4 is 5.82 Å². The van der Waals surface area contributed by atoms with Gasteiger partial charge in [0.2, 0.25) is 0 Å².